The van der Waals surface area contributed by atoms with E-state index in [1.54, 1.807) is 11.3 Å². The summed E-state index contributed by atoms with van der Waals surface area (Å²) < 4.78 is 0. The number of rotatable bonds is 8. The minimum Gasteiger partial charge on any atom is -0.309 e. The van der Waals surface area contributed by atoms with Gasteiger partial charge in [0.1, 0.15) is 10.7 Å². The number of hydrogen-bond acceptors (Lipinski definition) is 4. The zero-order valence-corrected chi connectivity index (χ0v) is 18.5. The van der Waals surface area contributed by atoms with E-state index in [1.165, 1.54) is 34.4 Å². The van der Waals surface area contributed by atoms with Crippen molar-refractivity contribution < 1.29 is 0 Å². The van der Waals surface area contributed by atoms with Crippen molar-refractivity contribution in [2.45, 2.75) is 71.9 Å². The molecule has 0 bridgehead atoms. The molecule has 154 valence electrons. The van der Waals surface area contributed by atoms with Gasteiger partial charge in [0.15, 0.2) is 0 Å². The molecule has 3 aromatic rings. The molecule has 0 amide bonds. The van der Waals surface area contributed by atoms with E-state index < -0.39 is 0 Å². The number of aromatic nitrogens is 2. The second kappa shape index (κ2) is 8.80. The number of nitrogens with one attached hydrogen (secondary N) is 2. The van der Waals surface area contributed by atoms with Crippen molar-refractivity contribution in [3.63, 3.8) is 0 Å². The van der Waals surface area contributed by atoms with Crippen LogP contribution in [-0.2, 0) is 25.8 Å². The fourth-order valence-electron chi connectivity index (χ4n) is 4.35. The molecule has 0 saturated carbocycles. The lowest BCUT2D eigenvalue weighted by Crippen LogP contribution is -2.27. The van der Waals surface area contributed by atoms with Crippen LogP contribution in [-0.4, -0.2) is 9.97 Å². The number of aryl methyl sites for hydroxylation is 3. The Morgan fingerprint density at radius 2 is 2.00 bits per heavy atom. The highest BCUT2D eigenvalue weighted by Crippen LogP contribution is 2.34. The van der Waals surface area contributed by atoms with Gasteiger partial charge in [-0.2, -0.15) is 0 Å². The van der Waals surface area contributed by atoms with Crippen LogP contribution in [0, 0.1) is 5.92 Å². The third-order valence-corrected chi connectivity index (χ3v) is 7.12. The van der Waals surface area contributed by atoms with Gasteiger partial charge in [-0.1, -0.05) is 51.5 Å². The van der Waals surface area contributed by atoms with E-state index in [1.807, 2.05) is 0 Å². The van der Waals surface area contributed by atoms with Gasteiger partial charge in [0.25, 0.3) is 5.56 Å². The Balaban J connectivity index is 1.50. The average Bonchev–Trinajstić information content (AvgIpc) is 3.28. The standard InChI is InChI=1S/C24H31N3OS/c1-4-5-7-16-10-12-17(13-11-16)22(15(2)3)25-14-20-26-23(28)21-18-8-6-9-19(18)29-24(21)27-20/h10-13,15,22,25H,4-9,14H2,1-3H3,(H,26,27,28)/t22-/m0/s1. The number of unbranched alkanes of at least 4 members (excludes halogenated alkanes) is 1. The number of fused-ring (bicyclic) bond motifs is 3. The number of benzene rings is 1. The summed E-state index contributed by atoms with van der Waals surface area (Å²) >= 11 is 1.70. The molecule has 1 aliphatic rings. The van der Waals surface area contributed by atoms with E-state index in [-0.39, 0.29) is 11.6 Å². The van der Waals surface area contributed by atoms with Gasteiger partial charge in [0.05, 0.1) is 11.9 Å². The summed E-state index contributed by atoms with van der Waals surface area (Å²) in [5, 5.41) is 4.46. The maximum Gasteiger partial charge on any atom is 0.259 e. The van der Waals surface area contributed by atoms with Gasteiger partial charge in [-0.05, 0) is 54.7 Å². The highest BCUT2D eigenvalue weighted by atomic mass is 32.1. The molecular weight excluding hydrogens is 378 g/mol. The third-order valence-electron chi connectivity index (χ3n) is 5.94. The van der Waals surface area contributed by atoms with E-state index in [4.69, 9.17) is 4.98 Å². The van der Waals surface area contributed by atoms with E-state index in [0.29, 0.717) is 12.5 Å². The van der Waals surface area contributed by atoms with E-state index in [2.05, 4.69) is 55.3 Å². The van der Waals surface area contributed by atoms with Gasteiger partial charge in [-0.3, -0.25) is 4.79 Å². The molecule has 0 saturated heterocycles. The maximum atomic E-state index is 12.7. The molecule has 29 heavy (non-hydrogen) atoms. The highest BCUT2D eigenvalue weighted by Gasteiger charge is 2.21. The molecule has 1 atom stereocenters. The van der Waals surface area contributed by atoms with E-state index in [9.17, 15) is 4.79 Å². The first-order valence-electron chi connectivity index (χ1n) is 10.9. The van der Waals surface area contributed by atoms with Gasteiger partial charge in [0, 0.05) is 10.9 Å². The largest absolute Gasteiger partial charge is 0.309 e. The fraction of sp³-hybridized carbons (Fsp3) is 0.500. The van der Waals surface area contributed by atoms with Crippen molar-refractivity contribution in [3.05, 3.63) is 62.0 Å². The Morgan fingerprint density at radius 3 is 2.72 bits per heavy atom. The Bertz CT molecular complexity index is 1030. The number of thiophene rings is 1. The lowest BCUT2D eigenvalue weighted by molar-refractivity contribution is 0.406. The number of H-pyrrole nitrogens is 1. The van der Waals surface area contributed by atoms with E-state index >= 15 is 0 Å². The topological polar surface area (TPSA) is 57.8 Å². The van der Waals surface area contributed by atoms with Crippen LogP contribution in [0.15, 0.2) is 29.1 Å². The van der Waals surface area contributed by atoms with E-state index in [0.717, 1.165) is 41.7 Å². The lowest BCUT2D eigenvalue weighted by atomic mass is 9.94. The molecule has 4 rings (SSSR count). The van der Waals surface area contributed by atoms with Crippen LogP contribution < -0.4 is 10.9 Å². The molecule has 2 N–H and O–H groups in total. The molecule has 5 heteroatoms. The van der Waals surface area contributed by atoms with Gasteiger partial charge in [-0.25, -0.2) is 4.98 Å². The molecule has 1 aromatic carbocycles. The molecule has 2 heterocycles. The fourth-order valence-corrected chi connectivity index (χ4v) is 5.63. The monoisotopic (exact) mass is 409 g/mol. The van der Waals surface area contributed by atoms with Crippen molar-refractivity contribution in [1.29, 1.82) is 0 Å². The zero-order chi connectivity index (χ0) is 20.4. The molecule has 0 radical (unpaired) electrons. The van der Waals surface area contributed by atoms with Crippen molar-refractivity contribution in [3.8, 4) is 0 Å². The van der Waals surface area contributed by atoms with Crippen molar-refractivity contribution in [2.24, 2.45) is 5.92 Å². The van der Waals surface area contributed by atoms with Crippen LogP contribution in [0.4, 0.5) is 0 Å². The molecule has 2 aromatic heterocycles. The molecule has 0 aliphatic heterocycles. The second-order valence-corrected chi connectivity index (χ2v) is 9.58. The van der Waals surface area contributed by atoms with Crippen LogP contribution in [0.2, 0.25) is 0 Å². The Morgan fingerprint density at radius 1 is 1.21 bits per heavy atom. The smallest absolute Gasteiger partial charge is 0.259 e. The zero-order valence-electron chi connectivity index (χ0n) is 17.7. The molecule has 4 nitrogen and oxygen atoms in total. The summed E-state index contributed by atoms with van der Waals surface area (Å²) in [5.41, 5.74) is 3.95. The van der Waals surface area contributed by atoms with Crippen LogP contribution in [0.1, 0.15) is 73.5 Å². The SMILES string of the molecule is CCCCc1ccc([C@@H](NCc2nc3sc4c(c3c(=O)[nH]2)CCC4)C(C)C)cc1. The molecule has 0 fully saturated rings. The van der Waals surface area contributed by atoms with Crippen molar-refractivity contribution in [1.82, 2.24) is 15.3 Å². The minimum atomic E-state index is 0.0209. The molecule has 0 unspecified atom stereocenters. The van der Waals surface area contributed by atoms with Gasteiger partial charge in [0.2, 0.25) is 0 Å². The second-order valence-electron chi connectivity index (χ2n) is 8.50. The summed E-state index contributed by atoms with van der Waals surface area (Å²) in [6.07, 6.45) is 6.87. The van der Waals surface area contributed by atoms with Crippen molar-refractivity contribution >= 4 is 21.6 Å². The highest BCUT2D eigenvalue weighted by molar-refractivity contribution is 7.18. The lowest BCUT2D eigenvalue weighted by Gasteiger charge is -2.23. The summed E-state index contributed by atoms with van der Waals surface area (Å²) in [7, 11) is 0. The Labute approximate surface area is 176 Å². The summed E-state index contributed by atoms with van der Waals surface area (Å²) in [5.74, 6) is 1.17. The summed E-state index contributed by atoms with van der Waals surface area (Å²) in [4.78, 5) is 22.7. The Hall–Kier alpha value is -1.98. The molecule has 1 aliphatic carbocycles. The first-order valence-corrected chi connectivity index (χ1v) is 11.7. The van der Waals surface area contributed by atoms with Crippen LogP contribution in [0.3, 0.4) is 0 Å². The van der Waals surface area contributed by atoms with Crippen LogP contribution >= 0.6 is 11.3 Å². The average molecular weight is 410 g/mol. The number of aromatic amines is 1. The predicted octanol–water partition coefficient (Wildman–Crippen LogP) is 5.30. The van der Waals surface area contributed by atoms with Gasteiger partial charge >= 0.3 is 0 Å². The third kappa shape index (κ3) is 4.31. The molecular formula is C24H31N3OS. The quantitative estimate of drug-likeness (QED) is 0.530. The minimum absolute atomic E-state index is 0.0209. The summed E-state index contributed by atoms with van der Waals surface area (Å²) in [6, 6.07) is 9.21. The predicted molar refractivity (Wildman–Crippen MR) is 122 cm³/mol. The maximum absolute atomic E-state index is 12.7. The Kier molecular flexibility index (Phi) is 6.16. The number of hydrogen-bond donors (Lipinski definition) is 2. The first kappa shape index (κ1) is 20.3. The summed E-state index contributed by atoms with van der Waals surface area (Å²) in [6.45, 7) is 7.25. The normalized spacial score (nSPS) is 14.6. The first-order chi connectivity index (χ1) is 14.1. The van der Waals surface area contributed by atoms with Crippen LogP contribution in [0.5, 0.6) is 0 Å². The van der Waals surface area contributed by atoms with Crippen molar-refractivity contribution in [2.75, 3.05) is 0 Å². The molecule has 0 spiro atoms. The van der Waals surface area contributed by atoms with Crippen LogP contribution in [0.25, 0.3) is 10.2 Å². The van der Waals surface area contributed by atoms with Gasteiger partial charge < -0.3 is 10.3 Å². The van der Waals surface area contributed by atoms with Gasteiger partial charge in [-0.15, -0.1) is 11.3 Å². The number of nitrogens with zero attached hydrogens (tertiary/aromatic N) is 1.